The van der Waals surface area contributed by atoms with E-state index in [0.717, 1.165) is 16.8 Å². The Morgan fingerprint density at radius 2 is 1.95 bits per heavy atom. The van der Waals surface area contributed by atoms with Gasteiger partial charge in [0, 0.05) is 12.3 Å². The number of esters is 1. The number of hydrogen-bond acceptors (Lipinski definition) is 10. The number of aromatic amines is 1. The van der Waals surface area contributed by atoms with Crippen LogP contribution in [-0.4, -0.2) is 62.3 Å². The lowest BCUT2D eigenvalue weighted by Crippen LogP contribution is -2.48. The first-order valence-electron chi connectivity index (χ1n) is 11.7. The molecule has 1 aliphatic rings. The summed E-state index contributed by atoms with van der Waals surface area (Å²) >= 11 is 0. The van der Waals surface area contributed by atoms with Gasteiger partial charge >= 0.3 is 19.4 Å². The number of nitrogens with one attached hydrogen (secondary N) is 2. The number of hydrogen-bond donors (Lipinski definition) is 4. The summed E-state index contributed by atoms with van der Waals surface area (Å²) in [6.45, 7) is 5.51. The molecule has 2 aromatic rings. The lowest BCUT2D eigenvalue weighted by atomic mass is 9.94. The smallest absolute Gasteiger partial charge is 0.459 e. The van der Waals surface area contributed by atoms with Gasteiger partial charge in [0.05, 0.1) is 12.7 Å². The predicted molar refractivity (Wildman–Crippen MR) is 134 cm³/mol. The molecule has 4 N–H and O–H groups in total. The van der Waals surface area contributed by atoms with Gasteiger partial charge in [-0.25, -0.2) is 9.36 Å². The molecule has 1 aromatic heterocycles. The molecule has 2 unspecified atom stereocenters. The van der Waals surface area contributed by atoms with Gasteiger partial charge in [-0.15, -0.1) is 5.92 Å². The van der Waals surface area contributed by atoms with E-state index in [0.29, 0.717) is 0 Å². The second-order valence-electron chi connectivity index (χ2n) is 8.72. The molecule has 0 spiro atoms. The Hall–Kier alpha value is -3.24. The number of ether oxygens (including phenoxy) is 2. The Balaban J connectivity index is 1.86. The summed E-state index contributed by atoms with van der Waals surface area (Å²) in [4.78, 5) is 38.2. The Labute approximate surface area is 218 Å². The monoisotopic (exact) mass is 551 g/mol. The largest absolute Gasteiger partial charge is 0.462 e. The summed E-state index contributed by atoms with van der Waals surface area (Å²) in [6, 6.07) is 7.94. The third kappa shape index (κ3) is 6.79. The second kappa shape index (κ2) is 12.1. The van der Waals surface area contributed by atoms with Crippen LogP contribution in [0.1, 0.15) is 33.9 Å². The van der Waals surface area contributed by atoms with E-state index in [2.05, 4.69) is 16.9 Å². The highest BCUT2D eigenvalue weighted by Gasteiger charge is 2.56. The molecule has 0 bridgehead atoms. The number of aliphatic hydroxyl groups is 2. The minimum absolute atomic E-state index is 0.159. The second-order valence-corrected chi connectivity index (χ2v) is 10.4. The van der Waals surface area contributed by atoms with Gasteiger partial charge in [0.2, 0.25) is 0 Å². The van der Waals surface area contributed by atoms with Crippen molar-refractivity contribution in [3.63, 3.8) is 0 Å². The molecule has 0 aliphatic carbocycles. The molecule has 38 heavy (non-hydrogen) atoms. The van der Waals surface area contributed by atoms with Crippen LogP contribution in [0.3, 0.4) is 0 Å². The number of benzene rings is 1. The highest BCUT2D eigenvalue weighted by atomic mass is 31.2. The topological polar surface area (TPSA) is 178 Å². The summed E-state index contributed by atoms with van der Waals surface area (Å²) in [6.07, 6.45) is -4.00. The van der Waals surface area contributed by atoms with Gasteiger partial charge in [-0.3, -0.25) is 23.7 Å². The van der Waals surface area contributed by atoms with Crippen molar-refractivity contribution in [2.45, 2.75) is 63.9 Å². The van der Waals surface area contributed by atoms with Crippen molar-refractivity contribution in [3.8, 4) is 17.6 Å². The molecule has 1 fully saturated rings. The molecule has 3 rings (SSSR count). The lowest BCUT2D eigenvalue weighted by Gasteiger charge is -2.26. The van der Waals surface area contributed by atoms with Crippen molar-refractivity contribution in [2.75, 3.05) is 6.61 Å². The molecular weight excluding hydrogens is 521 g/mol. The van der Waals surface area contributed by atoms with Crippen LogP contribution in [0, 0.1) is 11.8 Å². The number of aliphatic hydroxyl groups excluding tert-OH is 1. The van der Waals surface area contributed by atoms with E-state index in [-0.39, 0.29) is 5.75 Å². The third-order valence-electron chi connectivity index (χ3n) is 5.35. The van der Waals surface area contributed by atoms with E-state index in [9.17, 15) is 29.2 Å². The normalized spacial score (nSPS) is 25.2. The molecular formula is C24H30N3O10P. The van der Waals surface area contributed by atoms with Crippen molar-refractivity contribution >= 4 is 13.7 Å². The standard InChI is InChI=1S/C24H30N3O10P/c1-5-12-24(32)20(29)18(36-22(24)27-13-11-19(28)25-23(27)31)14-34-38(33,37-17-9-7-6-8-10-17)26-16(4)21(30)35-15(2)3/h6-11,13,15-16,18,20,22,29,32H,14H2,1-4H3,(H,26,33)(H,25,28,31)/t16-,18+,20+,22?,24+,38?/m0/s1. The van der Waals surface area contributed by atoms with Crippen molar-refractivity contribution in [2.24, 2.45) is 0 Å². The molecule has 1 aliphatic heterocycles. The van der Waals surface area contributed by atoms with Gasteiger partial charge in [0.1, 0.15) is 24.0 Å². The average Bonchev–Trinajstić information content (AvgIpc) is 3.08. The lowest BCUT2D eigenvalue weighted by molar-refractivity contribution is -0.149. The van der Waals surface area contributed by atoms with E-state index < -0.39 is 67.8 Å². The maximum absolute atomic E-state index is 13.7. The molecule has 14 heteroatoms. The number of para-hydroxylation sites is 1. The van der Waals surface area contributed by atoms with E-state index >= 15 is 0 Å². The first kappa shape index (κ1) is 29.3. The first-order valence-corrected chi connectivity index (χ1v) is 13.2. The molecule has 0 saturated carbocycles. The summed E-state index contributed by atoms with van der Waals surface area (Å²) in [5.41, 5.74) is -3.88. The first-order chi connectivity index (χ1) is 17.9. The van der Waals surface area contributed by atoms with E-state index in [1.165, 1.54) is 26.0 Å². The summed E-state index contributed by atoms with van der Waals surface area (Å²) in [7, 11) is -4.31. The molecule has 0 radical (unpaired) electrons. The fourth-order valence-electron chi connectivity index (χ4n) is 3.64. The Bertz CT molecular complexity index is 1350. The summed E-state index contributed by atoms with van der Waals surface area (Å²) < 4.78 is 36.5. The van der Waals surface area contributed by atoms with Crippen LogP contribution in [0.5, 0.6) is 5.75 Å². The number of aromatic nitrogens is 2. The zero-order valence-corrected chi connectivity index (χ0v) is 22.1. The van der Waals surface area contributed by atoms with Crippen LogP contribution >= 0.6 is 7.75 Å². The average molecular weight is 551 g/mol. The van der Waals surface area contributed by atoms with E-state index in [1.54, 1.807) is 32.0 Å². The van der Waals surface area contributed by atoms with Gasteiger partial charge in [-0.2, -0.15) is 5.09 Å². The minimum Gasteiger partial charge on any atom is -0.462 e. The SMILES string of the molecule is CC#C[C@]1(O)C(n2ccc(=O)[nH]c2=O)O[C@H](COP(=O)(N[C@@H](C)C(=O)OC(C)C)Oc2ccccc2)[C@H]1O. The zero-order valence-electron chi connectivity index (χ0n) is 21.2. The minimum atomic E-state index is -4.31. The molecule has 0 amide bonds. The molecule has 13 nitrogen and oxygen atoms in total. The molecule has 1 saturated heterocycles. The van der Waals surface area contributed by atoms with Gasteiger partial charge in [-0.1, -0.05) is 24.1 Å². The van der Waals surface area contributed by atoms with Crippen molar-refractivity contribution in [3.05, 3.63) is 63.4 Å². The van der Waals surface area contributed by atoms with Gasteiger partial charge in [-0.05, 0) is 39.8 Å². The Kier molecular flexibility index (Phi) is 9.32. The van der Waals surface area contributed by atoms with Crippen LogP contribution in [0.15, 0.2) is 52.2 Å². The van der Waals surface area contributed by atoms with Crippen molar-refractivity contribution < 1.29 is 38.1 Å². The number of carbonyl (C=O) groups is 1. The number of H-pyrrole nitrogens is 1. The third-order valence-corrected chi connectivity index (χ3v) is 6.99. The van der Waals surface area contributed by atoms with Crippen LogP contribution in [0.25, 0.3) is 0 Å². The predicted octanol–water partition coefficient (Wildman–Crippen LogP) is 0.683. The molecule has 206 valence electrons. The van der Waals surface area contributed by atoms with Crippen LogP contribution in [-0.2, 0) is 23.4 Å². The quantitative estimate of drug-likeness (QED) is 0.185. The van der Waals surface area contributed by atoms with Crippen LogP contribution < -0.4 is 20.9 Å². The Morgan fingerprint density at radius 1 is 1.26 bits per heavy atom. The van der Waals surface area contributed by atoms with Gasteiger partial charge in [0.25, 0.3) is 5.56 Å². The zero-order chi connectivity index (χ0) is 28.1. The summed E-state index contributed by atoms with van der Waals surface area (Å²) in [5.74, 6) is 4.37. The van der Waals surface area contributed by atoms with Crippen LogP contribution in [0.4, 0.5) is 0 Å². The van der Waals surface area contributed by atoms with Gasteiger partial charge < -0.3 is 24.2 Å². The number of rotatable bonds is 10. The number of carbonyl (C=O) groups excluding carboxylic acids is 1. The maximum Gasteiger partial charge on any atom is 0.459 e. The fraction of sp³-hybridized carbons (Fsp3) is 0.458. The van der Waals surface area contributed by atoms with Crippen molar-refractivity contribution in [1.82, 2.24) is 14.6 Å². The summed E-state index contributed by atoms with van der Waals surface area (Å²) in [5, 5.41) is 24.6. The van der Waals surface area contributed by atoms with E-state index in [4.69, 9.17) is 18.5 Å². The van der Waals surface area contributed by atoms with Crippen molar-refractivity contribution in [1.29, 1.82) is 0 Å². The Morgan fingerprint density at radius 3 is 2.55 bits per heavy atom. The maximum atomic E-state index is 13.7. The highest BCUT2D eigenvalue weighted by Crippen LogP contribution is 2.46. The fourth-order valence-corrected chi connectivity index (χ4v) is 5.14. The number of nitrogens with zero attached hydrogens (tertiary/aromatic N) is 1. The van der Waals surface area contributed by atoms with Crippen LogP contribution in [0.2, 0.25) is 0 Å². The molecule has 2 heterocycles. The van der Waals surface area contributed by atoms with E-state index in [1.807, 2.05) is 4.98 Å². The van der Waals surface area contributed by atoms with Gasteiger partial charge in [0.15, 0.2) is 11.8 Å². The molecule has 1 aromatic carbocycles. The molecule has 6 atom stereocenters. The highest BCUT2D eigenvalue weighted by molar-refractivity contribution is 7.52.